The van der Waals surface area contributed by atoms with Crippen molar-refractivity contribution in [1.29, 1.82) is 0 Å². The fourth-order valence-corrected chi connectivity index (χ4v) is 4.83. The van der Waals surface area contributed by atoms with Gasteiger partial charge in [0.15, 0.2) is 5.82 Å². The zero-order valence-electron chi connectivity index (χ0n) is 16.5. The third-order valence-corrected chi connectivity index (χ3v) is 6.76. The maximum atomic E-state index is 12.7. The Balaban J connectivity index is 1.48. The first-order valence-corrected chi connectivity index (χ1v) is 11.6. The number of hydrogen-bond acceptors (Lipinski definition) is 5. The minimum atomic E-state index is -3.90. The van der Waals surface area contributed by atoms with Crippen LogP contribution in [0, 0.1) is 0 Å². The number of hydrogen-bond donors (Lipinski definition) is 2. The average Bonchev–Trinajstić information content (AvgIpc) is 3.45. The third-order valence-electron chi connectivity index (χ3n) is 4.86. The van der Waals surface area contributed by atoms with Gasteiger partial charge in [-0.2, -0.15) is 5.10 Å². The Labute approximate surface area is 185 Å². The van der Waals surface area contributed by atoms with Gasteiger partial charge in [-0.05, 0) is 43.2 Å². The molecule has 4 rings (SSSR count). The summed E-state index contributed by atoms with van der Waals surface area (Å²) in [5.74, 6) is -0.157. The van der Waals surface area contributed by atoms with Crippen molar-refractivity contribution >= 4 is 33.3 Å². The molecule has 10 heteroatoms. The molecule has 31 heavy (non-hydrogen) atoms. The Morgan fingerprint density at radius 2 is 2.00 bits per heavy atom. The summed E-state index contributed by atoms with van der Waals surface area (Å²) >= 11 is 6.11. The summed E-state index contributed by atoms with van der Waals surface area (Å²) in [7, 11) is -3.90. The van der Waals surface area contributed by atoms with Crippen LogP contribution < -0.4 is 10.0 Å². The molecule has 0 radical (unpaired) electrons. The molecular formula is C21H21ClN4O4S. The Morgan fingerprint density at radius 1 is 1.19 bits per heavy atom. The molecule has 0 saturated carbocycles. The van der Waals surface area contributed by atoms with Crippen LogP contribution in [0.1, 0.15) is 23.2 Å². The van der Waals surface area contributed by atoms with Crippen molar-refractivity contribution in [2.24, 2.45) is 0 Å². The number of anilines is 1. The highest BCUT2D eigenvalue weighted by atomic mass is 35.5. The van der Waals surface area contributed by atoms with Gasteiger partial charge in [0.05, 0.1) is 16.8 Å². The Kier molecular flexibility index (Phi) is 6.38. The number of para-hydroxylation sites is 1. The normalized spacial score (nSPS) is 16.4. The lowest BCUT2D eigenvalue weighted by Gasteiger charge is -2.13. The fourth-order valence-electron chi connectivity index (χ4n) is 3.24. The van der Waals surface area contributed by atoms with E-state index in [2.05, 4.69) is 15.1 Å². The standard InChI is InChI=1S/C21H21ClN4O4S/c22-18-9-8-15(13-19(18)31(28,29)23-14-17-7-4-12-30-17)21(27)24-20-10-11-26(25-20)16-5-2-1-3-6-16/h1-3,5-6,8-11,13,17,23H,4,7,12,14H2,(H,24,25,27). The second-order valence-corrected chi connectivity index (χ2v) is 9.21. The molecule has 0 spiro atoms. The number of carbonyl (C=O) groups excluding carboxylic acids is 1. The molecule has 1 amide bonds. The van der Waals surface area contributed by atoms with E-state index in [-0.39, 0.29) is 28.1 Å². The van der Waals surface area contributed by atoms with E-state index in [0.29, 0.717) is 12.4 Å². The number of carbonyl (C=O) groups is 1. The molecule has 1 fully saturated rings. The van der Waals surface area contributed by atoms with Crippen LogP contribution >= 0.6 is 11.6 Å². The number of ether oxygens (including phenoxy) is 1. The first kappa shape index (κ1) is 21.5. The highest BCUT2D eigenvalue weighted by Gasteiger charge is 2.23. The molecule has 2 N–H and O–H groups in total. The smallest absolute Gasteiger partial charge is 0.256 e. The molecule has 8 nitrogen and oxygen atoms in total. The maximum absolute atomic E-state index is 12.7. The first-order chi connectivity index (χ1) is 14.9. The molecule has 1 atom stereocenters. The number of halogens is 1. The summed E-state index contributed by atoms with van der Waals surface area (Å²) in [6.07, 6.45) is 3.27. The van der Waals surface area contributed by atoms with Gasteiger partial charge in [0.1, 0.15) is 4.90 Å². The van der Waals surface area contributed by atoms with Crippen LogP contribution in [0.4, 0.5) is 5.82 Å². The number of nitrogens with one attached hydrogen (secondary N) is 2. The molecule has 0 aliphatic carbocycles. The SMILES string of the molecule is O=C(Nc1ccn(-c2ccccc2)n1)c1ccc(Cl)c(S(=O)(=O)NCC2CCCO2)c1. The molecule has 2 aromatic carbocycles. The molecule has 1 unspecified atom stereocenters. The number of sulfonamides is 1. The van der Waals surface area contributed by atoms with E-state index in [9.17, 15) is 13.2 Å². The van der Waals surface area contributed by atoms with Crippen molar-refractivity contribution in [2.45, 2.75) is 23.8 Å². The van der Waals surface area contributed by atoms with E-state index >= 15 is 0 Å². The monoisotopic (exact) mass is 460 g/mol. The van der Waals surface area contributed by atoms with Gasteiger partial charge in [-0.15, -0.1) is 0 Å². The van der Waals surface area contributed by atoms with Gasteiger partial charge in [-0.3, -0.25) is 4.79 Å². The van der Waals surface area contributed by atoms with Gasteiger partial charge in [-0.25, -0.2) is 17.8 Å². The zero-order valence-corrected chi connectivity index (χ0v) is 18.1. The second-order valence-electron chi connectivity index (χ2n) is 7.07. The highest BCUT2D eigenvalue weighted by molar-refractivity contribution is 7.89. The van der Waals surface area contributed by atoms with Gasteiger partial charge in [0.2, 0.25) is 10.0 Å². The van der Waals surface area contributed by atoms with E-state index in [0.717, 1.165) is 18.5 Å². The lowest BCUT2D eigenvalue weighted by atomic mass is 10.2. The Morgan fingerprint density at radius 3 is 2.74 bits per heavy atom. The van der Waals surface area contributed by atoms with Crippen molar-refractivity contribution in [3.05, 3.63) is 71.4 Å². The van der Waals surface area contributed by atoms with Gasteiger partial charge in [0.25, 0.3) is 5.91 Å². The van der Waals surface area contributed by atoms with Crippen molar-refractivity contribution in [1.82, 2.24) is 14.5 Å². The van der Waals surface area contributed by atoms with Crippen LogP contribution in [0.3, 0.4) is 0 Å². The van der Waals surface area contributed by atoms with Gasteiger partial charge < -0.3 is 10.1 Å². The molecule has 1 aromatic heterocycles. The summed E-state index contributed by atoms with van der Waals surface area (Å²) in [6, 6.07) is 15.2. The summed E-state index contributed by atoms with van der Waals surface area (Å²) in [5, 5.41) is 7.03. The van der Waals surface area contributed by atoms with Gasteiger partial charge >= 0.3 is 0 Å². The topological polar surface area (TPSA) is 102 Å². The highest BCUT2D eigenvalue weighted by Crippen LogP contribution is 2.24. The molecule has 1 aliphatic heterocycles. The second kappa shape index (κ2) is 9.19. The maximum Gasteiger partial charge on any atom is 0.256 e. The zero-order chi connectivity index (χ0) is 21.8. The summed E-state index contributed by atoms with van der Waals surface area (Å²) in [4.78, 5) is 12.5. The van der Waals surface area contributed by atoms with E-state index in [4.69, 9.17) is 16.3 Å². The molecule has 3 aromatic rings. The van der Waals surface area contributed by atoms with Crippen LogP contribution in [-0.4, -0.2) is 43.4 Å². The lowest BCUT2D eigenvalue weighted by molar-refractivity contribution is 0.102. The quantitative estimate of drug-likeness (QED) is 0.563. The number of amides is 1. The van der Waals surface area contributed by atoms with Crippen molar-refractivity contribution in [3.63, 3.8) is 0 Å². The lowest BCUT2D eigenvalue weighted by Crippen LogP contribution is -2.32. The molecule has 162 valence electrons. The van der Waals surface area contributed by atoms with E-state index in [1.165, 1.54) is 18.2 Å². The minimum Gasteiger partial charge on any atom is -0.377 e. The molecule has 0 bridgehead atoms. The molecular weight excluding hydrogens is 440 g/mol. The number of rotatable bonds is 7. The molecule has 1 saturated heterocycles. The largest absolute Gasteiger partial charge is 0.377 e. The van der Waals surface area contributed by atoms with Crippen molar-refractivity contribution < 1.29 is 17.9 Å². The van der Waals surface area contributed by atoms with Gasteiger partial charge in [-0.1, -0.05) is 29.8 Å². The Hall–Kier alpha value is -2.72. The minimum absolute atomic E-state index is 0.0322. The predicted molar refractivity (Wildman–Crippen MR) is 117 cm³/mol. The summed E-state index contributed by atoms with van der Waals surface area (Å²) < 4.78 is 35.0. The van der Waals surface area contributed by atoms with Crippen LogP contribution in [0.15, 0.2) is 65.7 Å². The summed E-state index contributed by atoms with van der Waals surface area (Å²) in [5.41, 5.74) is 0.997. The predicted octanol–water partition coefficient (Wildman–Crippen LogP) is 3.24. The van der Waals surface area contributed by atoms with Crippen LogP contribution in [-0.2, 0) is 14.8 Å². The Bertz CT molecular complexity index is 1180. The van der Waals surface area contributed by atoms with Crippen molar-refractivity contribution in [3.8, 4) is 5.69 Å². The molecule has 2 heterocycles. The average molecular weight is 461 g/mol. The van der Waals surface area contributed by atoms with Crippen molar-refractivity contribution in [2.75, 3.05) is 18.5 Å². The number of benzene rings is 2. The van der Waals surface area contributed by atoms with Crippen LogP contribution in [0.2, 0.25) is 5.02 Å². The van der Waals surface area contributed by atoms with E-state index in [1.54, 1.807) is 16.9 Å². The van der Waals surface area contributed by atoms with Crippen LogP contribution in [0.25, 0.3) is 5.69 Å². The number of nitrogens with zero attached hydrogens (tertiary/aromatic N) is 2. The number of aromatic nitrogens is 2. The van der Waals surface area contributed by atoms with E-state index in [1.807, 2.05) is 30.3 Å². The summed E-state index contributed by atoms with van der Waals surface area (Å²) in [6.45, 7) is 0.787. The third kappa shape index (κ3) is 5.13. The first-order valence-electron chi connectivity index (χ1n) is 9.76. The fraction of sp³-hybridized carbons (Fsp3) is 0.238. The van der Waals surface area contributed by atoms with Gasteiger partial charge in [0, 0.05) is 31.0 Å². The van der Waals surface area contributed by atoms with Crippen LogP contribution in [0.5, 0.6) is 0 Å². The van der Waals surface area contributed by atoms with E-state index < -0.39 is 15.9 Å². The molecule has 1 aliphatic rings.